The predicted octanol–water partition coefficient (Wildman–Crippen LogP) is 2.60. The second-order valence-corrected chi connectivity index (χ2v) is 10.6. The van der Waals surface area contributed by atoms with E-state index >= 15 is 0 Å². The fraction of sp³-hybridized carbons (Fsp3) is 0.440. The van der Waals surface area contributed by atoms with Gasteiger partial charge in [0.25, 0.3) is 0 Å². The Morgan fingerprint density at radius 2 is 1.44 bits per heavy atom. The maximum atomic E-state index is 13.2. The van der Waals surface area contributed by atoms with E-state index in [1.165, 1.54) is 7.05 Å². The number of likely N-dealkylation sites (N-methyl/N-ethyl adjacent to an activating group) is 1. The molecule has 2 aromatic rings. The van der Waals surface area contributed by atoms with Crippen LogP contribution in [0.4, 0.5) is 0 Å². The van der Waals surface area contributed by atoms with Crippen LogP contribution in [-0.2, 0) is 27.0 Å². The van der Waals surface area contributed by atoms with Gasteiger partial charge in [-0.1, -0.05) is 74.5 Å². The minimum atomic E-state index is -4.53. The first-order valence-corrected chi connectivity index (χ1v) is 13.2. The van der Waals surface area contributed by atoms with Crippen molar-refractivity contribution >= 4 is 19.4 Å². The average Bonchev–Trinajstić information content (AvgIpc) is 2.80. The number of nitrogens with one attached hydrogen (secondary N) is 3. The van der Waals surface area contributed by atoms with Crippen molar-refractivity contribution in [2.75, 3.05) is 7.05 Å². The summed E-state index contributed by atoms with van der Waals surface area (Å²) in [6.07, 6.45) is 1.28. The predicted molar refractivity (Wildman–Crippen MR) is 133 cm³/mol. The summed E-state index contributed by atoms with van der Waals surface area (Å²) in [5.41, 5.74) is 1.84. The lowest BCUT2D eigenvalue weighted by molar-refractivity contribution is -0.130. The Bertz CT molecular complexity index is 950. The molecule has 2 amide bonds. The highest BCUT2D eigenvalue weighted by molar-refractivity contribution is 7.52. The highest BCUT2D eigenvalue weighted by Crippen LogP contribution is 2.42. The molecule has 5 N–H and O–H groups in total. The van der Waals surface area contributed by atoms with Crippen molar-refractivity contribution in [3.8, 4) is 0 Å². The van der Waals surface area contributed by atoms with Gasteiger partial charge in [-0.3, -0.25) is 19.5 Å². The fourth-order valence-corrected chi connectivity index (χ4v) is 4.60. The van der Waals surface area contributed by atoms with E-state index in [2.05, 4.69) is 16.0 Å². The van der Waals surface area contributed by atoms with Crippen molar-refractivity contribution in [2.24, 2.45) is 5.92 Å². The number of aryl methyl sites for hydroxylation is 1. The van der Waals surface area contributed by atoms with E-state index in [0.29, 0.717) is 19.3 Å². The molecule has 2 rings (SSSR count). The SMILES string of the molecule is CNC(=O)[C@H](Cc1ccccc1)NC(=O)[C@H](CC(C)C)N[C@H](CCc1ccccc1)P(=O)(O)O. The topological polar surface area (TPSA) is 128 Å². The molecular formula is C25H36N3O5P. The van der Waals surface area contributed by atoms with Crippen molar-refractivity contribution in [1.82, 2.24) is 16.0 Å². The standard InChI is InChI=1S/C25H36N3O5P/c1-18(2)16-21(27-23(34(31,32)33)15-14-19-10-6-4-7-11-19)25(30)28-22(24(29)26-3)17-20-12-8-5-9-13-20/h4-13,18,21-23,27H,14-17H2,1-3H3,(H,26,29)(H,28,30)(H2,31,32,33)/t21-,22-,23-/m0/s1. The maximum Gasteiger partial charge on any atom is 0.342 e. The molecule has 2 aromatic carbocycles. The molecule has 9 heteroatoms. The molecule has 0 saturated heterocycles. The first-order chi connectivity index (χ1) is 16.1. The van der Waals surface area contributed by atoms with E-state index in [-0.39, 0.29) is 18.2 Å². The third-order valence-corrected chi connectivity index (χ3v) is 6.75. The van der Waals surface area contributed by atoms with Gasteiger partial charge in [0, 0.05) is 13.5 Å². The van der Waals surface area contributed by atoms with Gasteiger partial charge in [0.15, 0.2) is 0 Å². The van der Waals surface area contributed by atoms with Gasteiger partial charge in [-0.25, -0.2) is 0 Å². The zero-order chi connectivity index (χ0) is 25.1. The molecule has 0 spiro atoms. The number of amides is 2. The summed E-state index contributed by atoms with van der Waals surface area (Å²) in [5, 5.41) is 8.28. The lowest BCUT2D eigenvalue weighted by Crippen LogP contribution is -2.55. The van der Waals surface area contributed by atoms with Crippen LogP contribution in [0.15, 0.2) is 60.7 Å². The van der Waals surface area contributed by atoms with Crippen molar-refractivity contribution in [2.45, 2.75) is 57.4 Å². The first kappa shape index (κ1) is 27.7. The molecule has 0 aliphatic carbocycles. The zero-order valence-electron chi connectivity index (χ0n) is 20.0. The van der Waals surface area contributed by atoms with Gasteiger partial charge >= 0.3 is 7.60 Å². The van der Waals surface area contributed by atoms with Gasteiger partial charge in [-0.2, -0.15) is 0 Å². The number of benzene rings is 2. The molecule has 0 saturated carbocycles. The van der Waals surface area contributed by atoms with Crippen molar-refractivity contribution in [3.63, 3.8) is 0 Å². The molecular weight excluding hydrogens is 453 g/mol. The van der Waals surface area contributed by atoms with Gasteiger partial charge in [-0.15, -0.1) is 0 Å². The molecule has 0 fully saturated rings. The van der Waals surface area contributed by atoms with Crippen LogP contribution >= 0.6 is 7.60 Å². The molecule has 0 aliphatic rings. The number of hydrogen-bond donors (Lipinski definition) is 5. The van der Waals surface area contributed by atoms with Crippen LogP contribution in [0.25, 0.3) is 0 Å². The van der Waals surface area contributed by atoms with E-state index in [1.807, 2.05) is 74.5 Å². The Kier molecular flexibility index (Phi) is 10.9. The smallest absolute Gasteiger partial charge is 0.342 e. The van der Waals surface area contributed by atoms with Crippen LogP contribution < -0.4 is 16.0 Å². The molecule has 0 bridgehead atoms. The Morgan fingerprint density at radius 3 is 1.94 bits per heavy atom. The number of carbonyl (C=O) groups is 2. The lowest BCUT2D eigenvalue weighted by atomic mass is 10.0. The first-order valence-electron chi connectivity index (χ1n) is 11.5. The summed E-state index contributed by atoms with van der Waals surface area (Å²) in [6, 6.07) is 17.1. The van der Waals surface area contributed by atoms with Crippen LogP contribution in [0, 0.1) is 5.92 Å². The molecule has 0 heterocycles. The summed E-state index contributed by atoms with van der Waals surface area (Å²) >= 11 is 0. The third-order valence-electron chi connectivity index (χ3n) is 5.53. The van der Waals surface area contributed by atoms with Crippen LogP contribution in [0.3, 0.4) is 0 Å². The average molecular weight is 490 g/mol. The normalized spacial score (nSPS) is 14.3. The van der Waals surface area contributed by atoms with E-state index in [1.54, 1.807) is 0 Å². The fourth-order valence-electron chi connectivity index (χ4n) is 3.76. The number of rotatable bonds is 13. The second kappa shape index (κ2) is 13.4. The summed E-state index contributed by atoms with van der Waals surface area (Å²) < 4.78 is 12.3. The van der Waals surface area contributed by atoms with Crippen molar-refractivity contribution in [1.29, 1.82) is 0 Å². The van der Waals surface area contributed by atoms with Gasteiger partial charge in [0.1, 0.15) is 11.8 Å². The summed E-state index contributed by atoms with van der Waals surface area (Å²) in [6.45, 7) is 3.86. The molecule has 8 nitrogen and oxygen atoms in total. The molecule has 0 unspecified atom stereocenters. The maximum absolute atomic E-state index is 13.2. The molecule has 34 heavy (non-hydrogen) atoms. The Hall–Kier alpha value is -2.51. The molecule has 0 aliphatic heterocycles. The summed E-state index contributed by atoms with van der Waals surface area (Å²) in [7, 11) is -3.03. The highest BCUT2D eigenvalue weighted by Gasteiger charge is 2.34. The number of carbonyl (C=O) groups excluding carboxylic acids is 2. The monoisotopic (exact) mass is 489 g/mol. The van der Waals surface area contributed by atoms with Crippen molar-refractivity contribution in [3.05, 3.63) is 71.8 Å². The second-order valence-electron chi connectivity index (χ2n) is 8.84. The van der Waals surface area contributed by atoms with E-state index < -0.39 is 31.4 Å². The van der Waals surface area contributed by atoms with E-state index in [4.69, 9.17) is 0 Å². The molecule has 0 aromatic heterocycles. The molecule has 3 atom stereocenters. The highest BCUT2D eigenvalue weighted by atomic mass is 31.2. The summed E-state index contributed by atoms with van der Waals surface area (Å²) in [5.74, 6) is -1.90. The Morgan fingerprint density at radius 1 is 0.882 bits per heavy atom. The van der Waals surface area contributed by atoms with Gasteiger partial charge in [0.05, 0.1) is 6.04 Å². The molecule has 186 valence electrons. The Balaban J connectivity index is 2.17. The van der Waals surface area contributed by atoms with Gasteiger partial charge in [0.2, 0.25) is 11.8 Å². The van der Waals surface area contributed by atoms with Gasteiger partial charge in [-0.05, 0) is 36.3 Å². The largest absolute Gasteiger partial charge is 0.357 e. The van der Waals surface area contributed by atoms with Crippen molar-refractivity contribution < 1.29 is 23.9 Å². The minimum Gasteiger partial charge on any atom is -0.357 e. The minimum absolute atomic E-state index is 0.0855. The van der Waals surface area contributed by atoms with Gasteiger partial charge < -0.3 is 20.4 Å². The quantitative estimate of drug-likeness (QED) is 0.275. The molecule has 0 radical (unpaired) electrons. The van der Waals surface area contributed by atoms with E-state index in [9.17, 15) is 23.9 Å². The van der Waals surface area contributed by atoms with Crippen LogP contribution in [0.2, 0.25) is 0 Å². The van der Waals surface area contributed by atoms with Crippen LogP contribution in [0.1, 0.15) is 37.8 Å². The van der Waals surface area contributed by atoms with Crippen LogP contribution in [0.5, 0.6) is 0 Å². The van der Waals surface area contributed by atoms with Crippen LogP contribution in [-0.4, -0.2) is 46.5 Å². The summed E-state index contributed by atoms with van der Waals surface area (Å²) in [4.78, 5) is 45.6. The Labute approximate surface area is 201 Å². The number of hydrogen-bond acceptors (Lipinski definition) is 4. The van der Waals surface area contributed by atoms with E-state index in [0.717, 1.165) is 11.1 Å². The zero-order valence-corrected chi connectivity index (χ0v) is 20.9. The lowest BCUT2D eigenvalue weighted by Gasteiger charge is -2.28. The third kappa shape index (κ3) is 9.39.